The van der Waals surface area contributed by atoms with Crippen LogP contribution in [0.1, 0.15) is 44.9 Å². The predicted octanol–water partition coefficient (Wildman–Crippen LogP) is 2.25. The fourth-order valence-corrected chi connectivity index (χ4v) is 2.61. The molecule has 0 bridgehead atoms. The summed E-state index contributed by atoms with van der Waals surface area (Å²) in [5.74, 6) is 0.261. The van der Waals surface area contributed by atoms with Crippen LogP contribution in [-0.2, 0) is 11.2 Å². The zero-order valence-electron chi connectivity index (χ0n) is 13.6. The maximum Gasteiger partial charge on any atom is 0.325 e. The fraction of sp³-hybridized carbons (Fsp3) is 0.529. The molecule has 0 unspecified atom stereocenters. The molecule has 2 rings (SSSR count). The Hall–Kier alpha value is -1.88. The molecular weight excluding hydrogens is 280 g/mol. The Morgan fingerprint density at radius 1 is 1.18 bits per heavy atom. The molecule has 1 aliphatic rings. The third-order valence-corrected chi connectivity index (χ3v) is 3.81. The third-order valence-electron chi connectivity index (χ3n) is 3.81. The predicted molar refractivity (Wildman–Crippen MR) is 84.3 cm³/mol. The highest BCUT2D eigenvalue weighted by Gasteiger charge is 2.44. The van der Waals surface area contributed by atoms with E-state index in [1.807, 2.05) is 24.3 Å². The number of urea groups is 1. The van der Waals surface area contributed by atoms with Crippen molar-refractivity contribution < 1.29 is 14.7 Å². The van der Waals surface area contributed by atoms with Crippen LogP contribution in [0.2, 0.25) is 0 Å². The summed E-state index contributed by atoms with van der Waals surface area (Å²) >= 11 is 0. The van der Waals surface area contributed by atoms with Crippen LogP contribution in [0.3, 0.4) is 0 Å². The number of amides is 3. The van der Waals surface area contributed by atoms with E-state index in [2.05, 4.69) is 19.2 Å². The summed E-state index contributed by atoms with van der Waals surface area (Å²) in [4.78, 5) is 25.0. The van der Waals surface area contributed by atoms with Crippen molar-refractivity contribution in [2.75, 3.05) is 6.54 Å². The lowest BCUT2D eigenvalue weighted by molar-refractivity contribution is -0.131. The van der Waals surface area contributed by atoms with E-state index < -0.39 is 17.7 Å². The van der Waals surface area contributed by atoms with Gasteiger partial charge < -0.3 is 10.4 Å². The molecule has 1 heterocycles. The smallest absolute Gasteiger partial charge is 0.325 e. The number of rotatable bonds is 5. The maximum absolute atomic E-state index is 12.1. The number of aliphatic hydroxyl groups is 1. The van der Waals surface area contributed by atoms with Gasteiger partial charge in [0.2, 0.25) is 0 Å². The van der Waals surface area contributed by atoms with E-state index in [1.54, 1.807) is 13.8 Å². The lowest BCUT2D eigenvalue weighted by Gasteiger charge is -2.19. The van der Waals surface area contributed by atoms with Gasteiger partial charge in [-0.15, -0.1) is 0 Å². The highest BCUT2D eigenvalue weighted by atomic mass is 16.3. The molecule has 0 aliphatic carbocycles. The van der Waals surface area contributed by atoms with Gasteiger partial charge in [0.25, 0.3) is 5.91 Å². The minimum absolute atomic E-state index is 0.0301. The number of hydrogen-bond acceptors (Lipinski definition) is 3. The maximum atomic E-state index is 12.1. The van der Waals surface area contributed by atoms with Crippen LogP contribution in [0.15, 0.2) is 24.3 Å². The van der Waals surface area contributed by atoms with Crippen LogP contribution in [0.25, 0.3) is 0 Å². The summed E-state index contributed by atoms with van der Waals surface area (Å²) in [7, 11) is 0. The fourth-order valence-electron chi connectivity index (χ4n) is 2.61. The summed E-state index contributed by atoms with van der Waals surface area (Å²) < 4.78 is 0. The number of nitrogens with zero attached hydrogens (tertiary/aromatic N) is 1. The molecule has 1 atom stereocenters. The number of imide groups is 1. The van der Waals surface area contributed by atoms with E-state index in [1.165, 1.54) is 5.56 Å². The Morgan fingerprint density at radius 3 is 2.23 bits per heavy atom. The molecular formula is C17H24N2O3. The molecule has 22 heavy (non-hydrogen) atoms. The van der Waals surface area contributed by atoms with Crippen molar-refractivity contribution in [3.63, 3.8) is 0 Å². The summed E-state index contributed by atoms with van der Waals surface area (Å²) in [5.41, 5.74) is 1.01. The second-order valence-corrected chi connectivity index (χ2v) is 6.83. The van der Waals surface area contributed by atoms with Crippen molar-refractivity contribution in [2.45, 2.75) is 45.8 Å². The highest BCUT2D eigenvalue weighted by Crippen LogP contribution is 2.22. The summed E-state index contributed by atoms with van der Waals surface area (Å²) in [6.07, 6.45) is 0.106. The first kappa shape index (κ1) is 16.5. The Morgan fingerprint density at radius 2 is 1.77 bits per heavy atom. The second kappa shape index (κ2) is 6.08. The van der Waals surface area contributed by atoms with Gasteiger partial charge in [-0.2, -0.15) is 0 Å². The van der Waals surface area contributed by atoms with Gasteiger partial charge >= 0.3 is 6.03 Å². The molecule has 1 fully saturated rings. The van der Waals surface area contributed by atoms with Crippen molar-refractivity contribution in [3.05, 3.63) is 35.4 Å². The Balaban J connectivity index is 2.05. The Kier molecular flexibility index (Phi) is 4.56. The molecule has 5 heteroatoms. The zero-order valence-corrected chi connectivity index (χ0v) is 13.6. The van der Waals surface area contributed by atoms with Crippen LogP contribution >= 0.6 is 0 Å². The number of carbonyl (C=O) groups is 2. The van der Waals surface area contributed by atoms with Gasteiger partial charge in [-0.3, -0.25) is 9.69 Å². The molecule has 3 amide bonds. The molecule has 0 spiro atoms. The number of aliphatic hydroxyl groups excluding tert-OH is 1. The third kappa shape index (κ3) is 3.47. The molecule has 1 aromatic rings. The summed E-state index contributed by atoms with van der Waals surface area (Å²) in [6.45, 7) is 7.59. The first-order valence-electron chi connectivity index (χ1n) is 7.61. The minimum Gasteiger partial charge on any atom is -0.387 e. The second-order valence-electron chi connectivity index (χ2n) is 6.83. The lowest BCUT2D eigenvalue weighted by atomic mass is 10.00. The normalized spacial score (nSPS) is 18.7. The minimum atomic E-state index is -0.905. The van der Waals surface area contributed by atoms with Gasteiger partial charge in [-0.25, -0.2) is 4.79 Å². The van der Waals surface area contributed by atoms with Crippen LogP contribution in [0, 0.1) is 5.92 Å². The quantitative estimate of drug-likeness (QED) is 0.820. The van der Waals surface area contributed by atoms with E-state index in [4.69, 9.17) is 0 Å². The van der Waals surface area contributed by atoms with Crippen molar-refractivity contribution in [1.82, 2.24) is 10.2 Å². The Labute approximate surface area is 131 Å². The van der Waals surface area contributed by atoms with Crippen molar-refractivity contribution in [3.8, 4) is 0 Å². The number of β-amino-alcohol motifs (C(OH)–C–C–N with tert-alkyl or cyclic N) is 1. The average molecular weight is 304 g/mol. The van der Waals surface area contributed by atoms with E-state index in [0.717, 1.165) is 11.3 Å². The molecule has 2 N–H and O–H groups in total. The molecule has 1 aromatic carbocycles. The summed E-state index contributed by atoms with van der Waals surface area (Å²) in [6, 6.07) is 7.21. The molecule has 0 radical (unpaired) electrons. The molecule has 0 saturated carbocycles. The van der Waals surface area contributed by atoms with Crippen molar-refractivity contribution in [1.29, 1.82) is 0 Å². The number of nitrogens with one attached hydrogen (secondary N) is 1. The highest BCUT2D eigenvalue weighted by molar-refractivity contribution is 6.06. The van der Waals surface area contributed by atoms with E-state index in [0.29, 0.717) is 11.5 Å². The van der Waals surface area contributed by atoms with Crippen LogP contribution in [0.5, 0.6) is 0 Å². The van der Waals surface area contributed by atoms with Crippen LogP contribution in [-0.4, -0.2) is 34.0 Å². The monoisotopic (exact) mass is 304 g/mol. The first-order valence-corrected chi connectivity index (χ1v) is 7.61. The van der Waals surface area contributed by atoms with E-state index >= 15 is 0 Å². The number of carbonyl (C=O) groups excluding carboxylic acids is 2. The van der Waals surface area contributed by atoms with Crippen molar-refractivity contribution >= 4 is 11.9 Å². The topological polar surface area (TPSA) is 69.6 Å². The molecule has 120 valence electrons. The van der Waals surface area contributed by atoms with Gasteiger partial charge in [-0.1, -0.05) is 38.1 Å². The van der Waals surface area contributed by atoms with E-state index in [9.17, 15) is 14.7 Å². The SMILES string of the molecule is CC(C)Cc1ccc([C@H](O)CN2C(=O)NC(C)(C)C2=O)cc1. The van der Waals surface area contributed by atoms with Gasteiger partial charge in [0.1, 0.15) is 5.54 Å². The largest absolute Gasteiger partial charge is 0.387 e. The van der Waals surface area contributed by atoms with Crippen LogP contribution < -0.4 is 5.32 Å². The lowest BCUT2D eigenvalue weighted by Crippen LogP contribution is -2.40. The van der Waals surface area contributed by atoms with Crippen LogP contribution in [0.4, 0.5) is 4.79 Å². The van der Waals surface area contributed by atoms with E-state index in [-0.39, 0.29) is 12.5 Å². The molecule has 0 aromatic heterocycles. The van der Waals surface area contributed by atoms with Gasteiger partial charge in [-0.05, 0) is 37.3 Å². The molecule has 1 aliphatic heterocycles. The standard InChI is InChI=1S/C17H24N2O3/c1-11(2)9-12-5-7-13(8-6-12)14(20)10-19-15(21)17(3,4)18-16(19)22/h5-8,11,14,20H,9-10H2,1-4H3,(H,18,22)/t14-/m1/s1. The van der Waals surface area contributed by atoms with Crippen molar-refractivity contribution in [2.24, 2.45) is 5.92 Å². The first-order chi connectivity index (χ1) is 10.2. The van der Waals surface area contributed by atoms with Gasteiger partial charge in [0, 0.05) is 0 Å². The number of benzene rings is 1. The average Bonchev–Trinajstić information content (AvgIpc) is 2.61. The van der Waals surface area contributed by atoms with Gasteiger partial charge in [0.15, 0.2) is 0 Å². The summed E-state index contributed by atoms with van der Waals surface area (Å²) in [5, 5.41) is 12.9. The van der Waals surface area contributed by atoms with Gasteiger partial charge in [0.05, 0.1) is 12.6 Å². The zero-order chi connectivity index (χ0) is 16.5. The number of hydrogen-bond donors (Lipinski definition) is 2. The Bertz CT molecular complexity index is 564. The molecule has 5 nitrogen and oxygen atoms in total. The molecule has 1 saturated heterocycles.